The molecule has 2 aliphatic heterocycles. The third-order valence-electron chi connectivity index (χ3n) is 18.1. The van der Waals surface area contributed by atoms with E-state index in [2.05, 4.69) is 33.0 Å². The smallest absolute Gasteiger partial charge is 0.462 e. The van der Waals surface area contributed by atoms with Crippen LogP contribution in [-0.4, -0.2) is 129 Å². The number of esters is 3. The second kappa shape index (κ2) is 53.0. The zero-order valence-corrected chi connectivity index (χ0v) is 57.8. The van der Waals surface area contributed by atoms with Gasteiger partial charge >= 0.3 is 25.7 Å². The summed E-state index contributed by atoms with van der Waals surface area (Å²) in [6.45, 7) is 10.9. The zero-order valence-electron chi connectivity index (χ0n) is 57.0. The molecule has 2 aliphatic rings. The first kappa shape index (κ1) is 82.8. The summed E-state index contributed by atoms with van der Waals surface area (Å²) in [7, 11) is -5.45. The maximum Gasteiger partial charge on any atom is 0.470 e. The van der Waals surface area contributed by atoms with E-state index in [1.54, 1.807) is 13.8 Å². The van der Waals surface area contributed by atoms with Gasteiger partial charge in [0, 0.05) is 18.8 Å². The van der Waals surface area contributed by atoms with Crippen LogP contribution >= 0.6 is 7.82 Å². The fraction of sp³-hybridized carbons (Fsp3) is 0.943. The van der Waals surface area contributed by atoms with Gasteiger partial charge in [0.15, 0.2) is 12.4 Å². The molecule has 19 heteroatoms. The molecular formula is C70H132NO17P. The number of rotatable bonds is 58. The summed E-state index contributed by atoms with van der Waals surface area (Å²) in [5.74, 6) is -2.93. The summed E-state index contributed by atoms with van der Waals surface area (Å²) in [4.78, 5) is 76.9. The van der Waals surface area contributed by atoms with E-state index < -0.39 is 124 Å². The Hall–Kier alpha value is -2.25. The van der Waals surface area contributed by atoms with Crippen LogP contribution in [0, 0.1) is 5.92 Å². The molecule has 0 aromatic heterocycles. The quantitative estimate of drug-likeness (QED) is 0.0143. The van der Waals surface area contributed by atoms with Crippen LogP contribution in [0.1, 0.15) is 337 Å². The highest BCUT2D eigenvalue weighted by atomic mass is 31.2. The first-order valence-corrected chi connectivity index (χ1v) is 38.0. The highest BCUT2D eigenvalue weighted by molar-refractivity contribution is 7.46. The maximum atomic E-state index is 14.6. The van der Waals surface area contributed by atoms with Crippen LogP contribution in [0.4, 0.5) is 0 Å². The van der Waals surface area contributed by atoms with Crippen LogP contribution in [0.5, 0.6) is 0 Å². The molecule has 0 aliphatic carbocycles. The van der Waals surface area contributed by atoms with E-state index in [1.807, 2.05) is 0 Å². The van der Waals surface area contributed by atoms with Crippen molar-refractivity contribution in [3.8, 4) is 0 Å². The molecule has 0 saturated carbocycles. The Balaban J connectivity index is 2.45. The first-order valence-electron chi connectivity index (χ1n) is 36.5. The van der Waals surface area contributed by atoms with E-state index in [9.17, 15) is 48.8 Å². The van der Waals surface area contributed by atoms with E-state index in [1.165, 1.54) is 141 Å². The van der Waals surface area contributed by atoms with Gasteiger partial charge in [0.25, 0.3) is 0 Å². The average Bonchev–Trinajstić information content (AvgIpc) is 1.67. The van der Waals surface area contributed by atoms with Crippen molar-refractivity contribution in [3.63, 3.8) is 0 Å². The van der Waals surface area contributed by atoms with Crippen molar-refractivity contribution in [3.05, 3.63) is 0 Å². The van der Waals surface area contributed by atoms with Crippen molar-refractivity contribution in [1.29, 1.82) is 0 Å². The van der Waals surface area contributed by atoms with Crippen molar-refractivity contribution in [2.75, 3.05) is 13.2 Å². The minimum absolute atomic E-state index is 0.173. The molecule has 6 N–H and O–H groups in total. The minimum atomic E-state index is -5.45. The van der Waals surface area contributed by atoms with Gasteiger partial charge < -0.3 is 58.8 Å². The standard InChI is InChI=1S/C70H132NO17P/c1-7-11-15-19-23-27-29-33-37-41-45-49-62(74)84-57(47-43-39-35-31-25-21-17-13-9-3)51-61(73)71-65-69(68(88-89(79,80)81)59(53-72)86-70(65)82-54-60-67(78)66(77)55(5)56(6)83-60)87-64(76)52-58(48-44-40-36-32-26-22-18-14-10-4)85-63(75)50-46-42-38-34-30-28-24-20-16-12-8-2/h55-60,65-70,72,77-78H,7-54H2,1-6H3,(H,71,73)(H2,79,80,81)/t55?,56-,57-,58-,59?,60?,65+,66-,67-,68-,69?,70-/m1/s1. The van der Waals surface area contributed by atoms with Gasteiger partial charge in [-0.3, -0.25) is 23.7 Å². The monoisotopic (exact) mass is 1290 g/mol. The number of carbonyl (C=O) groups is 4. The van der Waals surface area contributed by atoms with Gasteiger partial charge in [-0.25, -0.2) is 4.57 Å². The summed E-state index contributed by atoms with van der Waals surface area (Å²) in [5.41, 5.74) is 0. The predicted molar refractivity (Wildman–Crippen MR) is 351 cm³/mol. The van der Waals surface area contributed by atoms with E-state index in [0.717, 1.165) is 89.9 Å². The molecule has 524 valence electrons. The summed E-state index contributed by atoms with van der Waals surface area (Å²) in [6.07, 6.45) is 31.0. The Kier molecular flexibility index (Phi) is 49.4. The number of carbonyl (C=O) groups excluding carboxylic acids is 4. The Labute approximate surface area is 539 Å². The van der Waals surface area contributed by atoms with Crippen molar-refractivity contribution >= 4 is 31.6 Å². The number of unbranched alkanes of at least 4 members (excludes halogenated alkanes) is 36. The highest BCUT2D eigenvalue weighted by Gasteiger charge is 2.53. The minimum Gasteiger partial charge on any atom is -0.462 e. The lowest BCUT2D eigenvalue weighted by atomic mass is 9.89. The van der Waals surface area contributed by atoms with Crippen molar-refractivity contribution in [1.82, 2.24) is 5.32 Å². The van der Waals surface area contributed by atoms with Crippen LogP contribution < -0.4 is 5.32 Å². The van der Waals surface area contributed by atoms with Gasteiger partial charge in [-0.15, -0.1) is 0 Å². The van der Waals surface area contributed by atoms with Crippen LogP contribution in [0.3, 0.4) is 0 Å². The lowest BCUT2D eigenvalue weighted by Gasteiger charge is -2.46. The molecule has 0 aromatic carbocycles. The van der Waals surface area contributed by atoms with E-state index in [0.29, 0.717) is 38.5 Å². The summed E-state index contributed by atoms with van der Waals surface area (Å²) < 4.78 is 54.9. The number of aliphatic hydroxyl groups excluding tert-OH is 3. The van der Waals surface area contributed by atoms with Gasteiger partial charge in [-0.1, -0.05) is 266 Å². The summed E-state index contributed by atoms with van der Waals surface area (Å²) in [5, 5.41) is 35.7. The fourth-order valence-electron chi connectivity index (χ4n) is 12.4. The highest BCUT2D eigenvalue weighted by Crippen LogP contribution is 2.43. The number of hydrogen-bond acceptors (Lipinski definition) is 15. The van der Waals surface area contributed by atoms with Crippen molar-refractivity contribution < 1.29 is 81.8 Å². The van der Waals surface area contributed by atoms with Crippen molar-refractivity contribution in [2.24, 2.45) is 5.92 Å². The first-order chi connectivity index (χ1) is 43.0. The topological polar surface area (TPSA) is 263 Å². The van der Waals surface area contributed by atoms with Gasteiger partial charge in [-0.05, 0) is 45.4 Å². The SMILES string of the molecule is CCCCCCCCCCCCCC(=O)O[C@H](CCCCCCCCCCC)CC(=O)N[C@H]1C(OC(=O)C[C@@H](CCCCCCCCCCC)OC(=O)CCCCCCCCCCCCC)[C@H](OP(=O)(O)O)C(CO)O[C@H]1OCC1O[C@H](C)C(C)[C@@H](O)[C@@H]1O. The number of phosphoric acid groups is 1. The number of aliphatic hydroxyl groups is 3. The van der Waals surface area contributed by atoms with Gasteiger partial charge in [0.2, 0.25) is 5.91 Å². The third-order valence-corrected chi connectivity index (χ3v) is 18.7. The van der Waals surface area contributed by atoms with Crippen molar-refractivity contribution in [2.45, 2.75) is 404 Å². The number of hydrogen-bond donors (Lipinski definition) is 6. The molecule has 0 bridgehead atoms. The lowest BCUT2D eigenvalue weighted by molar-refractivity contribution is -0.286. The third kappa shape index (κ3) is 40.6. The Bertz CT molecular complexity index is 1810. The fourth-order valence-corrected chi connectivity index (χ4v) is 12.9. The molecule has 0 spiro atoms. The molecule has 2 rings (SSSR count). The number of ether oxygens (including phenoxy) is 6. The molecule has 18 nitrogen and oxygen atoms in total. The van der Waals surface area contributed by atoms with E-state index in [-0.39, 0.29) is 19.3 Å². The Morgan fingerprint density at radius 1 is 0.472 bits per heavy atom. The number of amides is 1. The molecular weight excluding hydrogens is 1160 g/mol. The Morgan fingerprint density at radius 3 is 1.22 bits per heavy atom. The maximum absolute atomic E-state index is 14.6. The molecule has 0 radical (unpaired) electrons. The second-order valence-corrected chi connectivity index (χ2v) is 27.5. The lowest BCUT2D eigenvalue weighted by Crippen LogP contribution is -2.67. The van der Waals surface area contributed by atoms with Crippen LogP contribution in [-0.2, 0) is 56.7 Å². The molecule has 89 heavy (non-hydrogen) atoms. The van der Waals surface area contributed by atoms with Gasteiger partial charge in [-0.2, -0.15) is 0 Å². The average molecular weight is 1290 g/mol. The summed E-state index contributed by atoms with van der Waals surface area (Å²) in [6, 6.07) is -1.60. The summed E-state index contributed by atoms with van der Waals surface area (Å²) >= 11 is 0. The predicted octanol–water partition coefficient (Wildman–Crippen LogP) is 15.6. The molecule has 12 atom stereocenters. The van der Waals surface area contributed by atoms with Crippen LogP contribution in [0.15, 0.2) is 0 Å². The van der Waals surface area contributed by atoms with Crippen LogP contribution in [0.2, 0.25) is 0 Å². The second-order valence-electron chi connectivity index (χ2n) is 26.3. The molecule has 4 unspecified atom stereocenters. The van der Waals surface area contributed by atoms with E-state index in [4.69, 9.17) is 32.9 Å². The normalized spacial score (nSPS) is 22.8. The van der Waals surface area contributed by atoms with Crippen LogP contribution in [0.25, 0.3) is 0 Å². The molecule has 2 fully saturated rings. The number of phosphoric ester groups is 1. The molecule has 1 amide bonds. The Morgan fingerprint density at radius 2 is 0.843 bits per heavy atom. The molecule has 2 saturated heterocycles. The largest absolute Gasteiger partial charge is 0.470 e. The zero-order chi connectivity index (χ0) is 65.3. The molecule has 0 aromatic rings. The van der Waals surface area contributed by atoms with Gasteiger partial charge in [0.05, 0.1) is 38.3 Å². The molecule has 2 heterocycles. The number of nitrogens with one attached hydrogen (secondary N) is 1. The van der Waals surface area contributed by atoms with Gasteiger partial charge in [0.1, 0.15) is 42.7 Å². The van der Waals surface area contributed by atoms with E-state index >= 15 is 0 Å².